The zero-order valence-corrected chi connectivity index (χ0v) is 12.5. The predicted octanol–water partition coefficient (Wildman–Crippen LogP) is 3.69. The van der Waals surface area contributed by atoms with E-state index in [2.05, 4.69) is 17.4 Å². The monoisotopic (exact) mass is 309 g/mol. The van der Waals surface area contributed by atoms with Crippen LogP contribution in [0.3, 0.4) is 0 Å². The Morgan fingerprint density at radius 2 is 1.80 bits per heavy atom. The highest BCUT2D eigenvalue weighted by atomic mass is 35.5. The van der Waals surface area contributed by atoms with Gasteiger partial charge in [0.2, 0.25) is 0 Å². The Morgan fingerprint density at radius 3 is 2.45 bits per heavy atom. The lowest BCUT2D eigenvalue weighted by atomic mass is 10.1. The summed E-state index contributed by atoms with van der Waals surface area (Å²) in [5.74, 6) is 0. The molecule has 2 N–H and O–H groups in total. The lowest BCUT2D eigenvalue weighted by molar-refractivity contribution is 0.241. The molecule has 2 aromatic carbocycles. The molecule has 0 saturated carbocycles. The molecule has 2 rings (SSSR count). The minimum absolute atomic E-state index is 0.00384. The first kappa shape index (κ1) is 15.3. The molecule has 4 heteroatoms. The molecule has 0 aliphatic carbocycles. The van der Waals surface area contributed by atoms with Gasteiger partial charge < -0.3 is 10.4 Å². The van der Waals surface area contributed by atoms with E-state index < -0.39 is 0 Å². The summed E-state index contributed by atoms with van der Waals surface area (Å²) < 4.78 is 0. The topological polar surface area (TPSA) is 32.3 Å². The molecule has 0 aliphatic heterocycles. The number of aliphatic hydroxyl groups excluding tert-OH is 1. The van der Waals surface area contributed by atoms with Crippen molar-refractivity contribution in [2.45, 2.75) is 19.0 Å². The van der Waals surface area contributed by atoms with E-state index in [1.54, 1.807) is 6.07 Å². The van der Waals surface area contributed by atoms with E-state index in [1.165, 1.54) is 5.56 Å². The second-order valence-corrected chi connectivity index (χ2v) is 5.53. The van der Waals surface area contributed by atoms with E-state index in [9.17, 15) is 5.11 Å². The van der Waals surface area contributed by atoms with Gasteiger partial charge in [0.25, 0.3) is 0 Å². The zero-order chi connectivity index (χ0) is 14.4. The van der Waals surface area contributed by atoms with Gasteiger partial charge in [0.15, 0.2) is 0 Å². The van der Waals surface area contributed by atoms with E-state index in [0.717, 1.165) is 12.0 Å². The van der Waals surface area contributed by atoms with E-state index in [-0.39, 0.29) is 12.6 Å². The van der Waals surface area contributed by atoms with Crippen molar-refractivity contribution in [1.29, 1.82) is 0 Å². The molecule has 0 fully saturated rings. The zero-order valence-electron chi connectivity index (χ0n) is 11.0. The third-order valence-corrected chi connectivity index (χ3v) is 3.73. The molecule has 20 heavy (non-hydrogen) atoms. The maximum Gasteiger partial charge on any atom is 0.0587 e. The van der Waals surface area contributed by atoms with Crippen molar-refractivity contribution < 1.29 is 5.11 Å². The van der Waals surface area contributed by atoms with Crippen LogP contribution in [0.5, 0.6) is 0 Å². The van der Waals surface area contributed by atoms with E-state index in [1.807, 2.05) is 30.3 Å². The molecule has 0 amide bonds. The maximum atomic E-state index is 9.46. The number of halogens is 2. The van der Waals surface area contributed by atoms with Gasteiger partial charge >= 0.3 is 0 Å². The summed E-state index contributed by atoms with van der Waals surface area (Å²) in [6.07, 6.45) is 0.780. The van der Waals surface area contributed by atoms with Gasteiger partial charge in [0, 0.05) is 22.6 Å². The summed E-state index contributed by atoms with van der Waals surface area (Å²) in [5.41, 5.74) is 2.17. The largest absolute Gasteiger partial charge is 0.395 e. The fourth-order valence-corrected chi connectivity index (χ4v) is 2.49. The third kappa shape index (κ3) is 4.50. The highest BCUT2D eigenvalue weighted by molar-refractivity contribution is 6.35. The summed E-state index contributed by atoms with van der Waals surface area (Å²) in [4.78, 5) is 0. The Kier molecular flexibility index (Phi) is 5.86. The van der Waals surface area contributed by atoms with Crippen LogP contribution in [0.25, 0.3) is 0 Å². The predicted molar refractivity (Wildman–Crippen MR) is 84.3 cm³/mol. The summed E-state index contributed by atoms with van der Waals surface area (Å²) in [5, 5.41) is 14.0. The van der Waals surface area contributed by atoms with Crippen molar-refractivity contribution in [2.24, 2.45) is 0 Å². The van der Waals surface area contributed by atoms with Gasteiger partial charge in [-0.25, -0.2) is 0 Å². The second kappa shape index (κ2) is 7.65. The molecule has 1 unspecified atom stereocenters. The van der Waals surface area contributed by atoms with Crippen LogP contribution in [-0.2, 0) is 13.0 Å². The molecule has 2 aromatic rings. The van der Waals surface area contributed by atoms with Crippen LogP contribution >= 0.6 is 23.2 Å². The van der Waals surface area contributed by atoms with Gasteiger partial charge in [0.1, 0.15) is 0 Å². The molecule has 0 aliphatic rings. The van der Waals surface area contributed by atoms with Crippen LogP contribution in [0.15, 0.2) is 48.5 Å². The molecular weight excluding hydrogens is 293 g/mol. The van der Waals surface area contributed by atoms with Gasteiger partial charge in [-0.05, 0) is 29.7 Å². The first-order valence-electron chi connectivity index (χ1n) is 6.51. The molecule has 2 nitrogen and oxygen atoms in total. The van der Waals surface area contributed by atoms with Crippen molar-refractivity contribution in [3.8, 4) is 0 Å². The van der Waals surface area contributed by atoms with Crippen molar-refractivity contribution in [3.05, 3.63) is 69.7 Å². The van der Waals surface area contributed by atoms with Crippen LogP contribution in [0.4, 0.5) is 0 Å². The molecular formula is C16H17Cl2NO. The van der Waals surface area contributed by atoms with Gasteiger partial charge in [0.05, 0.1) is 6.61 Å². The molecule has 0 aromatic heterocycles. The fraction of sp³-hybridized carbons (Fsp3) is 0.250. The minimum atomic E-state index is 0.00384. The standard InChI is InChI=1S/C16H17Cl2NO/c17-14-7-6-13(16(18)9-14)10-19-15(11-20)8-12-4-2-1-3-5-12/h1-7,9,15,19-20H,8,10-11H2. The maximum absolute atomic E-state index is 9.46. The average Bonchev–Trinajstić information content (AvgIpc) is 2.46. The summed E-state index contributed by atoms with van der Waals surface area (Å²) >= 11 is 12.0. The van der Waals surface area contributed by atoms with Crippen molar-refractivity contribution in [3.63, 3.8) is 0 Å². The minimum Gasteiger partial charge on any atom is -0.395 e. The summed E-state index contributed by atoms with van der Waals surface area (Å²) in [6, 6.07) is 15.5. The number of hydrogen-bond acceptors (Lipinski definition) is 2. The SMILES string of the molecule is OCC(Cc1ccccc1)NCc1ccc(Cl)cc1Cl. The fourth-order valence-electron chi connectivity index (χ4n) is 2.02. The van der Waals surface area contributed by atoms with E-state index in [0.29, 0.717) is 16.6 Å². The molecule has 0 radical (unpaired) electrons. The smallest absolute Gasteiger partial charge is 0.0587 e. The number of aliphatic hydroxyl groups is 1. The van der Waals surface area contributed by atoms with E-state index >= 15 is 0 Å². The number of nitrogens with one attached hydrogen (secondary N) is 1. The van der Waals surface area contributed by atoms with Crippen LogP contribution in [0, 0.1) is 0 Å². The van der Waals surface area contributed by atoms with Crippen LogP contribution < -0.4 is 5.32 Å². The lowest BCUT2D eigenvalue weighted by Crippen LogP contribution is -2.34. The molecule has 0 heterocycles. The Balaban J connectivity index is 1.93. The highest BCUT2D eigenvalue weighted by Crippen LogP contribution is 2.20. The highest BCUT2D eigenvalue weighted by Gasteiger charge is 2.09. The van der Waals surface area contributed by atoms with Gasteiger partial charge in [-0.2, -0.15) is 0 Å². The van der Waals surface area contributed by atoms with E-state index in [4.69, 9.17) is 23.2 Å². The average molecular weight is 310 g/mol. The number of hydrogen-bond donors (Lipinski definition) is 2. The van der Waals surface area contributed by atoms with Crippen molar-refractivity contribution in [1.82, 2.24) is 5.32 Å². The van der Waals surface area contributed by atoms with Crippen LogP contribution in [0.1, 0.15) is 11.1 Å². The lowest BCUT2D eigenvalue weighted by Gasteiger charge is -2.17. The summed E-state index contributed by atoms with van der Waals surface area (Å²) in [7, 11) is 0. The van der Waals surface area contributed by atoms with Crippen LogP contribution in [-0.4, -0.2) is 17.8 Å². The molecule has 1 atom stereocenters. The second-order valence-electron chi connectivity index (χ2n) is 4.69. The molecule has 0 spiro atoms. The van der Waals surface area contributed by atoms with Gasteiger partial charge in [-0.1, -0.05) is 59.6 Å². The molecule has 0 saturated heterocycles. The van der Waals surface area contributed by atoms with Crippen molar-refractivity contribution in [2.75, 3.05) is 6.61 Å². The Labute approximate surface area is 129 Å². The number of rotatable bonds is 6. The van der Waals surface area contributed by atoms with Crippen molar-refractivity contribution >= 4 is 23.2 Å². The molecule has 106 valence electrons. The Morgan fingerprint density at radius 1 is 1.05 bits per heavy atom. The van der Waals surface area contributed by atoms with Gasteiger partial charge in [-0.15, -0.1) is 0 Å². The Hall–Kier alpha value is -1.06. The van der Waals surface area contributed by atoms with Crippen LogP contribution in [0.2, 0.25) is 10.0 Å². The van der Waals surface area contributed by atoms with Gasteiger partial charge in [-0.3, -0.25) is 0 Å². The third-order valence-electron chi connectivity index (χ3n) is 3.14. The quantitative estimate of drug-likeness (QED) is 0.853. The normalized spacial score (nSPS) is 12.3. The molecule has 0 bridgehead atoms. The first-order chi connectivity index (χ1) is 9.69. The Bertz CT molecular complexity index is 545. The number of benzene rings is 2. The summed E-state index contributed by atoms with van der Waals surface area (Å²) in [6.45, 7) is 0.689. The first-order valence-corrected chi connectivity index (χ1v) is 7.26.